The molecule has 0 aliphatic carbocycles. The quantitative estimate of drug-likeness (QED) is 0.0417. The normalized spacial score (nSPS) is 12.5. The molecule has 0 aromatic carbocycles. The van der Waals surface area contributed by atoms with Crippen molar-refractivity contribution >= 4 is 11.9 Å². The van der Waals surface area contributed by atoms with Gasteiger partial charge in [0.1, 0.15) is 0 Å². The molecule has 0 aromatic rings. The van der Waals surface area contributed by atoms with E-state index in [0.29, 0.717) is 25.9 Å². The predicted molar refractivity (Wildman–Crippen MR) is 287 cm³/mol. The highest BCUT2D eigenvalue weighted by molar-refractivity contribution is 5.76. The van der Waals surface area contributed by atoms with E-state index in [-0.39, 0.29) is 18.5 Å². The topological polar surface area (TPSA) is 95.9 Å². The van der Waals surface area contributed by atoms with E-state index < -0.39 is 12.1 Å². The van der Waals surface area contributed by atoms with Crippen LogP contribution < -0.4 is 5.32 Å². The molecule has 0 spiro atoms. The lowest BCUT2D eigenvalue weighted by Crippen LogP contribution is -2.45. The van der Waals surface area contributed by atoms with Crippen LogP contribution in [0.1, 0.15) is 348 Å². The molecule has 394 valence electrons. The molecule has 0 aromatic heterocycles. The van der Waals surface area contributed by atoms with E-state index in [1.165, 1.54) is 263 Å². The molecule has 0 aliphatic heterocycles. The van der Waals surface area contributed by atoms with Gasteiger partial charge in [-0.2, -0.15) is 0 Å². The smallest absolute Gasteiger partial charge is 0.305 e. The number of hydrogen-bond donors (Lipinski definition) is 3. The van der Waals surface area contributed by atoms with Gasteiger partial charge < -0.3 is 20.3 Å². The molecule has 0 aliphatic rings. The van der Waals surface area contributed by atoms with E-state index in [4.69, 9.17) is 4.74 Å². The summed E-state index contributed by atoms with van der Waals surface area (Å²) in [5, 5.41) is 23.3. The number of ether oxygens (including phenoxy) is 1. The summed E-state index contributed by atoms with van der Waals surface area (Å²) in [6.07, 6.45) is 65.2. The SMILES string of the molecule is CCCCCCCCCCCCCCCCCCCCCC(O)C(CO)NC(=O)CCCCCCCCCCCCCCCCOC(=O)CCCCCCCCCCCCCCCCCC. The lowest BCUT2D eigenvalue weighted by molar-refractivity contribution is -0.143. The fourth-order valence-corrected chi connectivity index (χ4v) is 9.76. The second-order valence-electron chi connectivity index (χ2n) is 21.1. The zero-order valence-electron chi connectivity index (χ0n) is 45.0. The first kappa shape index (κ1) is 64.9. The van der Waals surface area contributed by atoms with E-state index in [0.717, 1.165) is 51.4 Å². The average molecular weight is 935 g/mol. The Bertz CT molecular complexity index is 944. The monoisotopic (exact) mass is 934 g/mol. The maximum absolute atomic E-state index is 12.5. The molecule has 66 heavy (non-hydrogen) atoms. The average Bonchev–Trinajstić information content (AvgIpc) is 3.32. The largest absolute Gasteiger partial charge is 0.466 e. The number of hydrogen-bond acceptors (Lipinski definition) is 5. The summed E-state index contributed by atoms with van der Waals surface area (Å²) in [6.45, 7) is 4.97. The van der Waals surface area contributed by atoms with Crippen molar-refractivity contribution in [2.24, 2.45) is 0 Å². The third kappa shape index (κ3) is 52.2. The Kier molecular flexibility index (Phi) is 55.5. The van der Waals surface area contributed by atoms with Crippen LogP contribution in [0.5, 0.6) is 0 Å². The summed E-state index contributed by atoms with van der Waals surface area (Å²) in [7, 11) is 0. The molecule has 1 amide bonds. The molecule has 0 fully saturated rings. The van der Waals surface area contributed by atoms with Crippen molar-refractivity contribution in [3.63, 3.8) is 0 Å². The minimum atomic E-state index is -0.670. The third-order valence-corrected chi connectivity index (χ3v) is 14.4. The Balaban J connectivity index is 3.41. The number of carbonyl (C=O) groups is 2. The molecule has 3 N–H and O–H groups in total. The highest BCUT2D eigenvalue weighted by atomic mass is 16.5. The second-order valence-corrected chi connectivity index (χ2v) is 21.1. The van der Waals surface area contributed by atoms with Gasteiger partial charge in [-0.05, 0) is 25.7 Å². The first-order chi connectivity index (χ1) is 32.5. The van der Waals surface area contributed by atoms with Crippen molar-refractivity contribution in [1.29, 1.82) is 0 Å². The standard InChI is InChI=1S/C60H119NO5/c1-3-5-7-9-11-13-15-17-19-21-22-23-24-28-32-36-40-44-48-52-58(63)57(56-62)61-59(64)53-49-45-41-37-33-29-26-27-31-35-39-43-47-51-55-66-60(65)54-50-46-42-38-34-30-25-20-18-16-14-12-10-8-6-4-2/h57-58,62-63H,3-56H2,1-2H3,(H,61,64). The molecule has 2 atom stereocenters. The van der Waals surface area contributed by atoms with E-state index in [2.05, 4.69) is 19.2 Å². The minimum absolute atomic E-state index is 0.00267. The van der Waals surface area contributed by atoms with Gasteiger partial charge in [-0.15, -0.1) is 0 Å². The van der Waals surface area contributed by atoms with E-state index in [9.17, 15) is 19.8 Å². The first-order valence-electron chi connectivity index (χ1n) is 30.3. The van der Waals surface area contributed by atoms with Gasteiger partial charge in [-0.3, -0.25) is 9.59 Å². The van der Waals surface area contributed by atoms with Crippen LogP contribution in [0, 0.1) is 0 Å². The fourth-order valence-electron chi connectivity index (χ4n) is 9.76. The number of aliphatic hydroxyl groups excluding tert-OH is 2. The maximum Gasteiger partial charge on any atom is 0.305 e. The number of unbranched alkanes of at least 4 members (excludes halogenated alkanes) is 46. The number of aliphatic hydroxyl groups is 2. The Morgan fingerprint density at radius 3 is 0.924 bits per heavy atom. The van der Waals surface area contributed by atoms with Gasteiger partial charge >= 0.3 is 5.97 Å². The van der Waals surface area contributed by atoms with E-state index in [1.54, 1.807) is 0 Å². The van der Waals surface area contributed by atoms with Crippen LogP contribution in [0.15, 0.2) is 0 Å². The summed E-state index contributed by atoms with van der Waals surface area (Å²) in [6, 6.07) is -0.548. The van der Waals surface area contributed by atoms with Gasteiger partial charge in [0, 0.05) is 12.8 Å². The van der Waals surface area contributed by atoms with Gasteiger partial charge in [0.15, 0.2) is 0 Å². The van der Waals surface area contributed by atoms with Gasteiger partial charge in [0.05, 0.1) is 25.4 Å². The molecule has 0 radical (unpaired) electrons. The van der Waals surface area contributed by atoms with Crippen LogP contribution in [0.2, 0.25) is 0 Å². The first-order valence-corrected chi connectivity index (χ1v) is 30.3. The Morgan fingerprint density at radius 1 is 0.364 bits per heavy atom. The Morgan fingerprint density at radius 2 is 0.621 bits per heavy atom. The minimum Gasteiger partial charge on any atom is -0.466 e. The van der Waals surface area contributed by atoms with Gasteiger partial charge in [0.25, 0.3) is 0 Å². The third-order valence-electron chi connectivity index (χ3n) is 14.4. The van der Waals surface area contributed by atoms with Crippen molar-refractivity contribution in [1.82, 2.24) is 5.32 Å². The van der Waals surface area contributed by atoms with Crippen LogP contribution in [0.4, 0.5) is 0 Å². The van der Waals surface area contributed by atoms with Crippen molar-refractivity contribution in [3.8, 4) is 0 Å². The van der Waals surface area contributed by atoms with Crippen molar-refractivity contribution < 1.29 is 24.5 Å². The number of carbonyl (C=O) groups excluding carboxylic acids is 2. The van der Waals surface area contributed by atoms with Crippen molar-refractivity contribution in [3.05, 3.63) is 0 Å². The molecular formula is C60H119NO5. The van der Waals surface area contributed by atoms with E-state index in [1.807, 2.05) is 0 Å². The number of nitrogens with one attached hydrogen (secondary N) is 1. The predicted octanol–water partition coefficient (Wildman–Crippen LogP) is 18.7. The van der Waals surface area contributed by atoms with E-state index >= 15 is 0 Å². The Labute approximate surface area is 413 Å². The molecule has 0 bridgehead atoms. The van der Waals surface area contributed by atoms with Gasteiger partial charge in [-0.25, -0.2) is 0 Å². The summed E-state index contributed by atoms with van der Waals surface area (Å²) >= 11 is 0. The molecule has 0 saturated heterocycles. The van der Waals surface area contributed by atoms with Crippen molar-refractivity contribution in [2.45, 2.75) is 360 Å². The lowest BCUT2D eigenvalue weighted by Gasteiger charge is -2.22. The van der Waals surface area contributed by atoms with Crippen LogP contribution >= 0.6 is 0 Å². The second kappa shape index (κ2) is 56.4. The molecule has 2 unspecified atom stereocenters. The van der Waals surface area contributed by atoms with Crippen molar-refractivity contribution in [2.75, 3.05) is 13.2 Å². The summed E-state index contributed by atoms with van der Waals surface area (Å²) < 4.78 is 5.49. The fraction of sp³-hybridized carbons (Fsp3) is 0.967. The molecule has 0 saturated carbocycles. The Hall–Kier alpha value is -1.14. The zero-order chi connectivity index (χ0) is 47.9. The summed E-state index contributed by atoms with van der Waals surface area (Å²) in [4.78, 5) is 24.6. The van der Waals surface area contributed by atoms with Crippen LogP contribution in [0.25, 0.3) is 0 Å². The van der Waals surface area contributed by atoms with Gasteiger partial charge in [0.2, 0.25) is 5.91 Å². The highest BCUT2D eigenvalue weighted by Gasteiger charge is 2.20. The van der Waals surface area contributed by atoms with Crippen LogP contribution in [-0.4, -0.2) is 47.4 Å². The maximum atomic E-state index is 12.5. The highest BCUT2D eigenvalue weighted by Crippen LogP contribution is 2.18. The summed E-state index contributed by atoms with van der Waals surface area (Å²) in [5.74, 6) is -0.0384. The molecule has 0 heterocycles. The molecular weight excluding hydrogens is 815 g/mol. The number of amides is 1. The van der Waals surface area contributed by atoms with Gasteiger partial charge in [-0.1, -0.05) is 309 Å². The molecule has 6 heteroatoms. The van der Waals surface area contributed by atoms with Crippen LogP contribution in [0.3, 0.4) is 0 Å². The summed E-state index contributed by atoms with van der Waals surface area (Å²) in [5.41, 5.74) is 0. The zero-order valence-corrected chi connectivity index (χ0v) is 45.0. The molecule has 6 nitrogen and oxygen atoms in total. The lowest BCUT2D eigenvalue weighted by atomic mass is 10.0. The van der Waals surface area contributed by atoms with Crippen LogP contribution in [-0.2, 0) is 14.3 Å². The number of rotatable bonds is 57. The molecule has 0 rings (SSSR count). The number of esters is 1.